The minimum Gasteiger partial charge on any atom is -0.462 e. The summed E-state index contributed by atoms with van der Waals surface area (Å²) in [5, 5.41) is 0. The third-order valence-electron chi connectivity index (χ3n) is 9.46. The normalized spacial score (nSPS) is 50.3. The molecule has 4 rings (SSSR count). The number of rotatable bonds is 2. The van der Waals surface area contributed by atoms with Gasteiger partial charge in [0.1, 0.15) is 11.9 Å². The number of hydrogen-bond acceptors (Lipinski definition) is 3. The summed E-state index contributed by atoms with van der Waals surface area (Å²) < 4.78 is 5.76. The summed E-state index contributed by atoms with van der Waals surface area (Å²) in [5.41, 5.74) is 0.613. The summed E-state index contributed by atoms with van der Waals surface area (Å²) in [6, 6.07) is 0. The first-order chi connectivity index (χ1) is 12.3. The van der Waals surface area contributed by atoms with Gasteiger partial charge >= 0.3 is 5.97 Å². The van der Waals surface area contributed by atoms with Crippen molar-refractivity contribution in [2.75, 3.05) is 0 Å². The van der Waals surface area contributed by atoms with E-state index in [-0.39, 0.29) is 17.5 Å². The molecular formula is C23H36O3. The summed E-state index contributed by atoms with van der Waals surface area (Å²) in [6.07, 6.45) is 11.0. The van der Waals surface area contributed by atoms with Crippen molar-refractivity contribution >= 4 is 11.8 Å². The number of ketones is 1. The Morgan fingerprint density at radius 3 is 2.23 bits per heavy atom. The smallest absolute Gasteiger partial charge is 0.302 e. The maximum atomic E-state index is 11.9. The molecule has 3 nitrogen and oxygen atoms in total. The molecule has 4 fully saturated rings. The highest BCUT2D eigenvalue weighted by Crippen LogP contribution is 2.66. The highest BCUT2D eigenvalue weighted by Gasteiger charge is 2.61. The Morgan fingerprint density at radius 1 is 0.846 bits per heavy atom. The van der Waals surface area contributed by atoms with Crippen molar-refractivity contribution in [3.05, 3.63) is 0 Å². The highest BCUT2D eigenvalue weighted by atomic mass is 16.5. The van der Waals surface area contributed by atoms with E-state index in [0.29, 0.717) is 23.0 Å². The third kappa shape index (κ3) is 2.67. The van der Waals surface area contributed by atoms with Crippen LogP contribution in [0.2, 0.25) is 0 Å². The van der Waals surface area contributed by atoms with E-state index in [2.05, 4.69) is 13.8 Å². The maximum Gasteiger partial charge on any atom is 0.302 e. The van der Waals surface area contributed by atoms with Gasteiger partial charge in [-0.15, -0.1) is 0 Å². The lowest BCUT2D eigenvalue weighted by Crippen LogP contribution is -2.54. The van der Waals surface area contributed by atoms with Crippen LogP contribution < -0.4 is 0 Å². The molecule has 0 aliphatic heterocycles. The van der Waals surface area contributed by atoms with Crippen molar-refractivity contribution in [2.24, 2.45) is 40.4 Å². The Kier molecular flexibility index (Phi) is 4.51. The third-order valence-corrected chi connectivity index (χ3v) is 9.46. The first-order valence-corrected chi connectivity index (χ1v) is 10.9. The molecule has 0 aromatic rings. The molecule has 8 unspecified atom stereocenters. The summed E-state index contributed by atoms with van der Waals surface area (Å²) in [7, 11) is 0. The highest BCUT2D eigenvalue weighted by molar-refractivity contribution is 5.78. The van der Waals surface area contributed by atoms with Crippen LogP contribution >= 0.6 is 0 Å². The molecule has 0 radical (unpaired) electrons. The van der Waals surface area contributed by atoms with Gasteiger partial charge in [0.2, 0.25) is 0 Å². The zero-order valence-corrected chi connectivity index (χ0v) is 17.1. The summed E-state index contributed by atoms with van der Waals surface area (Å²) >= 11 is 0. The lowest BCUT2D eigenvalue weighted by Gasteiger charge is -2.60. The monoisotopic (exact) mass is 360 g/mol. The Hall–Kier alpha value is -0.860. The van der Waals surface area contributed by atoms with Crippen molar-refractivity contribution < 1.29 is 14.3 Å². The van der Waals surface area contributed by atoms with E-state index in [9.17, 15) is 9.59 Å². The topological polar surface area (TPSA) is 43.4 Å². The van der Waals surface area contributed by atoms with Crippen LogP contribution in [0.25, 0.3) is 0 Å². The van der Waals surface area contributed by atoms with Gasteiger partial charge in [-0.25, -0.2) is 0 Å². The minimum absolute atomic E-state index is 0.114. The molecule has 8 atom stereocenters. The van der Waals surface area contributed by atoms with Gasteiger partial charge in [0.05, 0.1) is 0 Å². The molecule has 0 heterocycles. The average molecular weight is 361 g/mol. The van der Waals surface area contributed by atoms with E-state index in [1.54, 1.807) is 13.8 Å². The Balaban J connectivity index is 1.55. The summed E-state index contributed by atoms with van der Waals surface area (Å²) in [5.74, 6) is 3.67. The van der Waals surface area contributed by atoms with Gasteiger partial charge in [-0.1, -0.05) is 13.8 Å². The Morgan fingerprint density at radius 2 is 1.54 bits per heavy atom. The van der Waals surface area contributed by atoms with Gasteiger partial charge in [-0.05, 0) is 93.8 Å². The van der Waals surface area contributed by atoms with E-state index < -0.39 is 0 Å². The fourth-order valence-corrected chi connectivity index (χ4v) is 7.97. The predicted molar refractivity (Wildman–Crippen MR) is 101 cm³/mol. The average Bonchev–Trinajstić information content (AvgIpc) is 2.90. The number of ether oxygens (including phenoxy) is 1. The molecule has 0 aromatic heterocycles. The maximum absolute atomic E-state index is 11.9. The molecule has 0 bridgehead atoms. The summed E-state index contributed by atoms with van der Waals surface area (Å²) in [6.45, 7) is 8.29. The van der Waals surface area contributed by atoms with Crippen LogP contribution in [-0.2, 0) is 14.3 Å². The summed E-state index contributed by atoms with van der Waals surface area (Å²) in [4.78, 5) is 23.5. The Bertz CT molecular complexity index is 598. The van der Waals surface area contributed by atoms with Crippen LogP contribution in [0.1, 0.15) is 85.5 Å². The molecule has 4 saturated carbocycles. The SMILES string of the molecule is CC(=O)OC1CCC2C3CCC4CC(C(C)=O)CCC4(C)C3CCC12C. The number of carbonyl (C=O) groups is 2. The fraction of sp³-hybridized carbons (Fsp3) is 0.913. The first-order valence-electron chi connectivity index (χ1n) is 10.9. The molecule has 4 aliphatic carbocycles. The lowest BCUT2D eigenvalue weighted by molar-refractivity contribution is -0.162. The molecule has 0 aromatic carbocycles. The molecule has 26 heavy (non-hydrogen) atoms. The standard InChI is InChI=1S/C23H36O3/c1-14(24)16-9-11-22(3)17(13-16)5-6-18-19-7-8-21(26-15(2)25)23(19,4)12-10-20(18)22/h16-21H,5-13H2,1-4H3. The van der Waals surface area contributed by atoms with E-state index in [4.69, 9.17) is 4.74 Å². The van der Waals surface area contributed by atoms with E-state index >= 15 is 0 Å². The zero-order valence-electron chi connectivity index (χ0n) is 17.1. The molecule has 0 N–H and O–H groups in total. The molecule has 146 valence electrons. The van der Waals surface area contributed by atoms with Crippen molar-refractivity contribution in [3.63, 3.8) is 0 Å². The predicted octanol–water partition coefficient (Wildman–Crippen LogP) is 5.17. The van der Waals surface area contributed by atoms with Crippen molar-refractivity contribution in [2.45, 2.75) is 91.6 Å². The molecule has 0 spiro atoms. The second kappa shape index (κ2) is 6.34. The Labute approximate surface area is 158 Å². The molecule has 0 saturated heterocycles. The second-order valence-electron chi connectivity index (χ2n) is 10.5. The first kappa shape index (κ1) is 18.5. The second-order valence-corrected chi connectivity index (χ2v) is 10.5. The van der Waals surface area contributed by atoms with E-state index in [0.717, 1.165) is 37.0 Å². The van der Waals surface area contributed by atoms with Crippen molar-refractivity contribution in [1.29, 1.82) is 0 Å². The molecule has 4 aliphatic rings. The van der Waals surface area contributed by atoms with Crippen LogP contribution in [0.15, 0.2) is 0 Å². The van der Waals surface area contributed by atoms with Crippen LogP contribution in [0, 0.1) is 40.4 Å². The fourth-order valence-electron chi connectivity index (χ4n) is 7.97. The zero-order chi connectivity index (χ0) is 18.7. The van der Waals surface area contributed by atoms with Crippen LogP contribution in [0.3, 0.4) is 0 Å². The quantitative estimate of drug-likeness (QED) is 0.638. The number of fused-ring (bicyclic) bond motifs is 5. The van der Waals surface area contributed by atoms with Gasteiger partial charge < -0.3 is 4.74 Å². The van der Waals surface area contributed by atoms with Gasteiger partial charge in [0.25, 0.3) is 0 Å². The van der Waals surface area contributed by atoms with Crippen molar-refractivity contribution in [1.82, 2.24) is 0 Å². The van der Waals surface area contributed by atoms with Crippen LogP contribution in [0.5, 0.6) is 0 Å². The van der Waals surface area contributed by atoms with Gasteiger partial charge in [-0.3, -0.25) is 9.59 Å². The molecule has 0 amide bonds. The number of Topliss-reactive ketones (excluding diaryl/α,β-unsaturated/α-hetero) is 1. The van der Waals surface area contributed by atoms with Crippen molar-refractivity contribution in [3.8, 4) is 0 Å². The molecule has 3 heteroatoms. The van der Waals surface area contributed by atoms with Crippen LogP contribution in [0.4, 0.5) is 0 Å². The number of esters is 1. The largest absolute Gasteiger partial charge is 0.462 e. The molecular weight excluding hydrogens is 324 g/mol. The number of hydrogen-bond donors (Lipinski definition) is 0. The van der Waals surface area contributed by atoms with Gasteiger partial charge in [0.15, 0.2) is 0 Å². The number of carbonyl (C=O) groups excluding carboxylic acids is 2. The lowest BCUT2D eigenvalue weighted by atomic mass is 9.44. The van der Waals surface area contributed by atoms with E-state index in [1.807, 2.05) is 0 Å². The van der Waals surface area contributed by atoms with Gasteiger partial charge in [0, 0.05) is 18.3 Å². The van der Waals surface area contributed by atoms with E-state index in [1.165, 1.54) is 38.5 Å². The van der Waals surface area contributed by atoms with Crippen LogP contribution in [-0.4, -0.2) is 17.9 Å². The van der Waals surface area contributed by atoms with Gasteiger partial charge in [-0.2, -0.15) is 0 Å². The minimum atomic E-state index is -0.114.